The summed E-state index contributed by atoms with van der Waals surface area (Å²) >= 11 is 1.58. The number of thiophene rings is 1. The van der Waals surface area contributed by atoms with Gasteiger partial charge in [-0.05, 0) is 30.4 Å². The van der Waals surface area contributed by atoms with E-state index in [0.717, 1.165) is 28.3 Å². The number of carbonyl (C=O) groups excluding carboxylic acids is 2. The van der Waals surface area contributed by atoms with E-state index in [9.17, 15) is 9.59 Å². The minimum absolute atomic E-state index is 0.186. The number of Topliss-reactive ketones (excluding diaryl/α,β-unsaturated/α-hetero) is 1. The molecule has 28 heavy (non-hydrogen) atoms. The highest BCUT2D eigenvalue weighted by Gasteiger charge is 2.43. The second-order valence-electron chi connectivity index (χ2n) is 7.17. The van der Waals surface area contributed by atoms with E-state index in [4.69, 9.17) is 4.74 Å². The number of fused-ring (bicyclic) bond motifs is 1. The summed E-state index contributed by atoms with van der Waals surface area (Å²) in [5.41, 5.74) is 3.41. The van der Waals surface area contributed by atoms with Gasteiger partial charge in [-0.3, -0.25) is 4.79 Å². The van der Waals surface area contributed by atoms with Crippen molar-refractivity contribution in [3.05, 3.63) is 81.3 Å². The Balaban J connectivity index is 1.59. The van der Waals surface area contributed by atoms with Crippen LogP contribution in [0.15, 0.2) is 70.9 Å². The average Bonchev–Trinajstić information content (AvgIpc) is 3.22. The molecule has 1 aromatic heterocycles. The maximum Gasteiger partial charge on any atom is 0.336 e. The van der Waals surface area contributed by atoms with Crippen molar-refractivity contribution in [3.63, 3.8) is 0 Å². The van der Waals surface area contributed by atoms with E-state index in [0.29, 0.717) is 25.0 Å². The first-order valence-electron chi connectivity index (χ1n) is 9.60. The van der Waals surface area contributed by atoms with Gasteiger partial charge in [0.25, 0.3) is 0 Å². The fraction of sp³-hybridized carbons (Fsp3) is 0.304. The molecule has 4 rings (SSSR count). The van der Waals surface area contributed by atoms with E-state index >= 15 is 0 Å². The van der Waals surface area contributed by atoms with Crippen LogP contribution in [0.3, 0.4) is 0 Å². The summed E-state index contributed by atoms with van der Waals surface area (Å²) in [7, 11) is 0. The topological polar surface area (TPSA) is 55.4 Å². The number of carbonyl (C=O) groups is 2. The van der Waals surface area contributed by atoms with Crippen molar-refractivity contribution >= 4 is 23.1 Å². The number of nitrogens with one attached hydrogen (secondary N) is 1. The first kappa shape index (κ1) is 18.7. The summed E-state index contributed by atoms with van der Waals surface area (Å²) in [5, 5.41) is 5.29. The number of esters is 1. The van der Waals surface area contributed by atoms with Crippen molar-refractivity contribution in [2.45, 2.75) is 32.1 Å². The quantitative estimate of drug-likeness (QED) is 0.767. The van der Waals surface area contributed by atoms with Gasteiger partial charge in [-0.2, -0.15) is 0 Å². The van der Waals surface area contributed by atoms with E-state index in [2.05, 4.69) is 11.4 Å². The smallest absolute Gasteiger partial charge is 0.336 e. The Bertz CT molecular complexity index is 928. The molecule has 0 radical (unpaired) electrons. The standard InChI is InChI=1S/C23H23NO3S/c1-15-20(23(26)27-13-12-16-7-3-2-4-8-16)22(19-11-6-14-28-19)21-17(24-15)9-5-10-18(21)25/h2-4,6-9,11,14,21-22,24H,5,10,12-13H2,1H3. The fourth-order valence-corrected chi connectivity index (χ4v) is 4.91. The van der Waals surface area contributed by atoms with Gasteiger partial charge in [0.1, 0.15) is 5.78 Å². The van der Waals surface area contributed by atoms with Gasteiger partial charge in [-0.15, -0.1) is 11.3 Å². The van der Waals surface area contributed by atoms with Gasteiger partial charge in [-0.1, -0.05) is 42.5 Å². The van der Waals surface area contributed by atoms with E-state index in [-0.39, 0.29) is 23.6 Å². The minimum atomic E-state index is -0.336. The third-order valence-electron chi connectivity index (χ3n) is 5.35. The second kappa shape index (κ2) is 8.15. The molecular formula is C23H23NO3S. The third-order valence-corrected chi connectivity index (χ3v) is 6.31. The SMILES string of the molecule is CC1=C(C(=O)OCCc2ccccc2)C(c2cccs2)C2C(=O)CCC=C2N1. The van der Waals surface area contributed by atoms with Gasteiger partial charge in [0.2, 0.25) is 0 Å². The molecule has 1 aromatic carbocycles. The van der Waals surface area contributed by atoms with Crippen LogP contribution in [0.1, 0.15) is 36.1 Å². The van der Waals surface area contributed by atoms with Crippen LogP contribution in [0, 0.1) is 5.92 Å². The number of ether oxygens (including phenoxy) is 1. The highest BCUT2D eigenvalue weighted by atomic mass is 32.1. The summed E-state index contributed by atoms with van der Waals surface area (Å²) in [6, 6.07) is 13.9. The van der Waals surface area contributed by atoms with Gasteiger partial charge in [0.05, 0.1) is 18.1 Å². The molecule has 2 unspecified atom stereocenters. The Morgan fingerprint density at radius 2 is 2.00 bits per heavy atom. The van der Waals surface area contributed by atoms with E-state index in [1.165, 1.54) is 0 Å². The molecule has 2 aromatic rings. The molecule has 4 nitrogen and oxygen atoms in total. The number of rotatable bonds is 5. The molecule has 0 spiro atoms. The molecule has 0 saturated heterocycles. The van der Waals surface area contributed by atoms with Gasteiger partial charge in [0.15, 0.2) is 0 Å². The molecular weight excluding hydrogens is 370 g/mol. The van der Waals surface area contributed by atoms with Crippen molar-refractivity contribution in [1.29, 1.82) is 0 Å². The lowest BCUT2D eigenvalue weighted by molar-refractivity contribution is -0.139. The lowest BCUT2D eigenvalue weighted by atomic mass is 9.73. The highest BCUT2D eigenvalue weighted by molar-refractivity contribution is 7.10. The van der Waals surface area contributed by atoms with Crippen LogP contribution < -0.4 is 5.32 Å². The number of benzene rings is 1. The summed E-state index contributed by atoms with van der Waals surface area (Å²) in [5.74, 6) is -0.750. The van der Waals surface area contributed by atoms with Crippen LogP contribution in [-0.4, -0.2) is 18.4 Å². The Labute approximate surface area is 168 Å². The molecule has 2 heterocycles. The van der Waals surface area contributed by atoms with Crippen LogP contribution in [0.4, 0.5) is 0 Å². The van der Waals surface area contributed by atoms with Gasteiger partial charge < -0.3 is 10.1 Å². The Morgan fingerprint density at radius 1 is 1.18 bits per heavy atom. The Hall–Kier alpha value is -2.66. The van der Waals surface area contributed by atoms with Crippen LogP contribution in [-0.2, 0) is 20.7 Å². The summed E-state index contributed by atoms with van der Waals surface area (Å²) in [6.07, 6.45) is 4.03. The van der Waals surface area contributed by atoms with Crippen molar-refractivity contribution in [2.24, 2.45) is 5.92 Å². The largest absolute Gasteiger partial charge is 0.462 e. The van der Waals surface area contributed by atoms with E-state index in [1.54, 1.807) is 11.3 Å². The van der Waals surface area contributed by atoms with Crippen molar-refractivity contribution in [1.82, 2.24) is 5.32 Å². The molecule has 5 heteroatoms. The maximum absolute atomic E-state index is 13.0. The third kappa shape index (κ3) is 3.67. The summed E-state index contributed by atoms with van der Waals surface area (Å²) in [4.78, 5) is 26.8. The van der Waals surface area contributed by atoms with Crippen LogP contribution in [0.5, 0.6) is 0 Å². The van der Waals surface area contributed by atoms with Crippen molar-refractivity contribution in [3.8, 4) is 0 Å². The predicted octanol–water partition coefficient (Wildman–Crippen LogP) is 4.36. The monoisotopic (exact) mass is 393 g/mol. The highest BCUT2D eigenvalue weighted by Crippen LogP contribution is 2.45. The fourth-order valence-electron chi connectivity index (χ4n) is 4.04. The summed E-state index contributed by atoms with van der Waals surface area (Å²) in [6.45, 7) is 2.21. The lowest BCUT2D eigenvalue weighted by Gasteiger charge is -2.37. The molecule has 0 amide bonds. The first-order valence-corrected chi connectivity index (χ1v) is 10.5. The lowest BCUT2D eigenvalue weighted by Crippen LogP contribution is -2.40. The van der Waals surface area contributed by atoms with Crippen LogP contribution in [0.25, 0.3) is 0 Å². The van der Waals surface area contributed by atoms with Crippen molar-refractivity contribution < 1.29 is 14.3 Å². The molecule has 2 aliphatic rings. The van der Waals surface area contributed by atoms with E-state index < -0.39 is 0 Å². The minimum Gasteiger partial charge on any atom is -0.462 e. The average molecular weight is 394 g/mol. The normalized spacial score (nSPS) is 21.6. The van der Waals surface area contributed by atoms with Crippen LogP contribution >= 0.6 is 11.3 Å². The van der Waals surface area contributed by atoms with Gasteiger partial charge in [0, 0.05) is 35.0 Å². The van der Waals surface area contributed by atoms with Crippen LogP contribution in [0.2, 0.25) is 0 Å². The van der Waals surface area contributed by atoms with Gasteiger partial charge >= 0.3 is 5.97 Å². The van der Waals surface area contributed by atoms with Crippen molar-refractivity contribution in [2.75, 3.05) is 6.61 Å². The molecule has 0 bridgehead atoms. The number of ketones is 1. The Morgan fingerprint density at radius 3 is 2.75 bits per heavy atom. The second-order valence-corrected chi connectivity index (χ2v) is 8.15. The predicted molar refractivity (Wildman–Crippen MR) is 110 cm³/mol. The Kier molecular flexibility index (Phi) is 5.44. The zero-order valence-electron chi connectivity index (χ0n) is 15.8. The maximum atomic E-state index is 13.0. The van der Waals surface area contributed by atoms with E-state index in [1.807, 2.05) is 54.8 Å². The van der Waals surface area contributed by atoms with Gasteiger partial charge in [-0.25, -0.2) is 4.79 Å². The summed E-state index contributed by atoms with van der Waals surface area (Å²) < 4.78 is 5.64. The number of hydrogen-bond acceptors (Lipinski definition) is 5. The molecule has 1 N–H and O–H groups in total. The molecule has 0 fully saturated rings. The number of allylic oxidation sites excluding steroid dienone is 3. The molecule has 1 aliphatic carbocycles. The molecule has 0 saturated carbocycles. The zero-order valence-corrected chi connectivity index (χ0v) is 16.6. The first-order chi connectivity index (χ1) is 13.6. The number of hydrogen-bond donors (Lipinski definition) is 1. The zero-order chi connectivity index (χ0) is 19.5. The molecule has 1 aliphatic heterocycles. The molecule has 144 valence electrons. The molecule has 2 atom stereocenters.